The maximum Gasteiger partial charge on any atom is 0.167 e. The third kappa shape index (κ3) is 5.41. The number of benzene rings is 9. The van der Waals surface area contributed by atoms with E-state index in [-0.39, 0.29) is 0 Å². The van der Waals surface area contributed by atoms with Crippen molar-refractivity contribution in [2.45, 2.75) is 0 Å². The summed E-state index contributed by atoms with van der Waals surface area (Å²) >= 11 is 0. The highest BCUT2D eigenvalue weighted by Gasteiger charge is 2.27. The second-order valence-corrected chi connectivity index (χ2v) is 15.9. The van der Waals surface area contributed by atoms with Crippen LogP contribution in [0.1, 0.15) is 0 Å². The molecule has 0 amide bonds. The van der Waals surface area contributed by atoms with Crippen LogP contribution in [0.15, 0.2) is 217 Å². The Morgan fingerprint density at radius 1 is 0.349 bits per heavy atom. The van der Waals surface area contributed by atoms with E-state index in [2.05, 4.69) is 149 Å². The van der Waals surface area contributed by atoms with Gasteiger partial charge in [0.1, 0.15) is 11.2 Å². The number of aromatic nitrogens is 5. The van der Waals surface area contributed by atoms with Gasteiger partial charge in [0.15, 0.2) is 17.5 Å². The molecule has 6 nitrogen and oxygen atoms in total. The lowest BCUT2D eigenvalue weighted by Gasteiger charge is -2.16. The first-order valence-corrected chi connectivity index (χ1v) is 21.2. The summed E-state index contributed by atoms with van der Waals surface area (Å²) in [5.74, 6) is 1.74. The number of fused-ring (bicyclic) bond motifs is 10. The molecule has 0 radical (unpaired) electrons. The molecule has 0 saturated heterocycles. The predicted molar refractivity (Wildman–Crippen MR) is 258 cm³/mol. The van der Waals surface area contributed by atoms with Crippen molar-refractivity contribution in [2.75, 3.05) is 0 Å². The van der Waals surface area contributed by atoms with Gasteiger partial charge < -0.3 is 13.6 Å². The van der Waals surface area contributed by atoms with Gasteiger partial charge in [-0.25, -0.2) is 15.0 Å². The Morgan fingerprint density at radius 3 is 1.54 bits per heavy atom. The first-order valence-electron chi connectivity index (χ1n) is 21.2. The SMILES string of the molecule is c1ccc(-c2nc(-c3ccccc3)nc(-c3ccc(-n4c5ccccc5c5c4c(-c4ccccc4)cc4c6ccccc6n(-c6ccccc6)c45)c4c3oc3ccccc34)n2)cc1. The van der Waals surface area contributed by atoms with E-state index in [1.807, 2.05) is 72.8 Å². The van der Waals surface area contributed by atoms with Crippen molar-refractivity contribution in [3.05, 3.63) is 212 Å². The average Bonchev–Trinajstić information content (AvgIpc) is 4.03. The van der Waals surface area contributed by atoms with Crippen LogP contribution in [-0.2, 0) is 0 Å². The molecule has 13 rings (SSSR count). The first-order chi connectivity index (χ1) is 31.3. The van der Waals surface area contributed by atoms with Crippen molar-refractivity contribution >= 4 is 65.6 Å². The normalized spacial score (nSPS) is 11.8. The van der Waals surface area contributed by atoms with Gasteiger partial charge in [-0.15, -0.1) is 0 Å². The molecule has 13 aromatic rings. The zero-order chi connectivity index (χ0) is 41.4. The van der Waals surface area contributed by atoms with Crippen molar-refractivity contribution in [2.24, 2.45) is 0 Å². The fourth-order valence-corrected chi connectivity index (χ4v) is 9.64. The van der Waals surface area contributed by atoms with Gasteiger partial charge in [0.2, 0.25) is 0 Å². The van der Waals surface area contributed by atoms with E-state index in [1.54, 1.807) is 0 Å². The van der Waals surface area contributed by atoms with E-state index < -0.39 is 0 Å². The Hall–Kier alpha value is -8.61. The van der Waals surface area contributed by atoms with Crippen LogP contribution in [0.5, 0.6) is 0 Å². The fourth-order valence-electron chi connectivity index (χ4n) is 9.64. The van der Waals surface area contributed by atoms with Crippen LogP contribution < -0.4 is 0 Å². The Balaban J connectivity index is 1.18. The molecule has 63 heavy (non-hydrogen) atoms. The topological polar surface area (TPSA) is 61.7 Å². The van der Waals surface area contributed by atoms with Crippen molar-refractivity contribution < 1.29 is 4.42 Å². The number of nitrogens with zero attached hydrogens (tertiary/aromatic N) is 5. The number of para-hydroxylation sites is 4. The van der Waals surface area contributed by atoms with E-state index in [0.717, 1.165) is 77.5 Å². The highest BCUT2D eigenvalue weighted by atomic mass is 16.3. The predicted octanol–water partition coefficient (Wildman–Crippen LogP) is 14.6. The Labute approximate surface area is 361 Å². The minimum Gasteiger partial charge on any atom is -0.455 e. The molecule has 6 heteroatoms. The molecule has 4 aromatic heterocycles. The quantitative estimate of drug-likeness (QED) is 0.168. The molecule has 0 fully saturated rings. The molecule has 9 aromatic carbocycles. The van der Waals surface area contributed by atoms with Gasteiger partial charge in [0, 0.05) is 49.3 Å². The van der Waals surface area contributed by atoms with Crippen LogP contribution >= 0.6 is 0 Å². The lowest BCUT2D eigenvalue weighted by Crippen LogP contribution is -2.01. The molecule has 0 saturated carbocycles. The number of hydrogen-bond donors (Lipinski definition) is 0. The molecule has 294 valence electrons. The Kier molecular flexibility index (Phi) is 7.80. The van der Waals surface area contributed by atoms with Gasteiger partial charge >= 0.3 is 0 Å². The number of rotatable bonds is 6. The largest absolute Gasteiger partial charge is 0.455 e. The number of furan rings is 1. The molecule has 0 aliphatic carbocycles. The summed E-state index contributed by atoms with van der Waals surface area (Å²) in [6.07, 6.45) is 0. The molecule has 0 atom stereocenters. The van der Waals surface area contributed by atoms with Crippen LogP contribution in [0.2, 0.25) is 0 Å². The smallest absolute Gasteiger partial charge is 0.167 e. The standard InChI is InChI=1S/C57H35N5O/c1-5-19-36(20-6-1)44-35-45-40-27-13-16-30-46(40)61(39-25-11-4-12-26-39)53(45)51-41-28-14-17-31-47(41)62(52(44)51)48-34-33-43(54-50(48)42-29-15-18-32-49(42)63-54)57-59-55(37-21-7-2-8-22-37)58-56(60-57)38-23-9-3-10-24-38/h1-35H. The van der Waals surface area contributed by atoms with Crippen molar-refractivity contribution in [3.63, 3.8) is 0 Å². The van der Waals surface area contributed by atoms with E-state index in [4.69, 9.17) is 19.4 Å². The third-order valence-corrected chi connectivity index (χ3v) is 12.4. The van der Waals surface area contributed by atoms with Gasteiger partial charge in [0.05, 0.1) is 38.7 Å². The molecule has 0 spiro atoms. The summed E-state index contributed by atoms with van der Waals surface area (Å²) in [6.45, 7) is 0. The summed E-state index contributed by atoms with van der Waals surface area (Å²) in [7, 11) is 0. The average molecular weight is 806 g/mol. The highest BCUT2D eigenvalue weighted by molar-refractivity contribution is 6.30. The van der Waals surface area contributed by atoms with Gasteiger partial charge in [-0.2, -0.15) is 0 Å². The zero-order valence-corrected chi connectivity index (χ0v) is 33.9. The molecule has 0 aliphatic heterocycles. The van der Waals surface area contributed by atoms with Gasteiger partial charge in [-0.3, -0.25) is 0 Å². The summed E-state index contributed by atoms with van der Waals surface area (Å²) in [4.78, 5) is 15.3. The monoisotopic (exact) mass is 805 g/mol. The minimum absolute atomic E-state index is 0.541. The second-order valence-electron chi connectivity index (χ2n) is 15.9. The van der Waals surface area contributed by atoms with Gasteiger partial charge in [-0.05, 0) is 54.1 Å². The molecule has 0 aliphatic rings. The Bertz CT molecular complexity index is 3830. The molecular weight excluding hydrogens is 771 g/mol. The molecule has 0 unspecified atom stereocenters. The lowest BCUT2D eigenvalue weighted by atomic mass is 9.98. The van der Waals surface area contributed by atoms with Gasteiger partial charge in [0.25, 0.3) is 0 Å². The first kappa shape index (κ1) is 35.2. The van der Waals surface area contributed by atoms with Crippen molar-refractivity contribution in [1.82, 2.24) is 24.1 Å². The van der Waals surface area contributed by atoms with E-state index in [1.165, 1.54) is 21.7 Å². The fraction of sp³-hybridized carbons (Fsp3) is 0. The van der Waals surface area contributed by atoms with Gasteiger partial charge in [-0.1, -0.05) is 164 Å². The van der Waals surface area contributed by atoms with Crippen molar-refractivity contribution in [3.8, 4) is 56.7 Å². The Morgan fingerprint density at radius 2 is 0.873 bits per heavy atom. The zero-order valence-electron chi connectivity index (χ0n) is 33.9. The van der Waals surface area contributed by atoms with Crippen LogP contribution in [-0.4, -0.2) is 24.1 Å². The third-order valence-electron chi connectivity index (χ3n) is 12.4. The summed E-state index contributed by atoms with van der Waals surface area (Å²) in [5, 5.41) is 6.76. The highest BCUT2D eigenvalue weighted by Crippen LogP contribution is 2.48. The summed E-state index contributed by atoms with van der Waals surface area (Å²) < 4.78 is 11.9. The minimum atomic E-state index is 0.541. The maximum atomic E-state index is 6.98. The molecule has 0 bridgehead atoms. The molecular formula is C57H35N5O. The van der Waals surface area contributed by atoms with Crippen LogP contribution in [0.4, 0.5) is 0 Å². The summed E-state index contributed by atoms with van der Waals surface area (Å²) in [5.41, 5.74) is 13.1. The molecule has 0 N–H and O–H groups in total. The maximum absolute atomic E-state index is 6.98. The van der Waals surface area contributed by atoms with E-state index >= 15 is 0 Å². The van der Waals surface area contributed by atoms with Crippen LogP contribution in [0.25, 0.3) is 122 Å². The lowest BCUT2D eigenvalue weighted by molar-refractivity contribution is 0.669. The molecule has 4 heterocycles. The van der Waals surface area contributed by atoms with Crippen molar-refractivity contribution in [1.29, 1.82) is 0 Å². The number of hydrogen-bond acceptors (Lipinski definition) is 4. The second kappa shape index (κ2) is 14.0. The van der Waals surface area contributed by atoms with E-state index in [0.29, 0.717) is 23.1 Å². The summed E-state index contributed by atoms with van der Waals surface area (Å²) in [6, 6.07) is 74.4. The van der Waals surface area contributed by atoms with Crippen LogP contribution in [0, 0.1) is 0 Å². The van der Waals surface area contributed by atoms with Crippen LogP contribution in [0.3, 0.4) is 0 Å². The van der Waals surface area contributed by atoms with E-state index in [9.17, 15) is 0 Å².